The SMILES string of the molecule is c1ccc(-c2nc(-c3ccc4sc5cccc(-c6cccc7c6oc6ccccc67)c5c4c3)nc(-c3cccc4c3oc3ccccc34)n2)cc1. The predicted octanol–water partition coefficient (Wildman–Crippen LogP) is 12.7. The maximum atomic E-state index is 6.50. The van der Waals surface area contributed by atoms with Crippen LogP contribution in [0.5, 0.6) is 0 Å². The standard InChI is InChI=1S/C45H25N3O2S/c1-2-11-26(12-3-1)43-46-44(48-45(47-43)34-19-9-17-32-29-14-5-7-21-37(29)50-42(32)34)27-23-24-38-35(25-27)40-30(15-10-22-39(40)51-38)33-18-8-16-31-28-13-4-6-20-36(28)49-41(31)33/h1-25H. The fourth-order valence-corrected chi connectivity index (χ4v) is 8.53. The van der Waals surface area contributed by atoms with E-state index in [-0.39, 0.29) is 0 Å². The summed E-state index contributed by atoms with van der Waals surface area (Å²) in [7, 11) is 0. The second-order valence-corrected chi connectivity index (χ2v) is 13.8. The molecule has 0 N–H and O–H groups in total. The molecule has 0 amide bonds. The average molecular weight is 672 g/mol. The first-order valence-corrected chi connectivity index (χ1v) is 17.7. The van der Waals surface area contributed by atoms with Gasteiger partial charge in [-0.2, -0.15) is 0 Å². The normalized spacial score (nSPS) is 11.9. The van der Waals surface area contributed by atoms with Gasteiger partial charge in [0.25, 0.3) is 0 Å². The lowest BCUT2D eigenvalue weighted by molar-refractivity contribution is 0.669. The van der Waals surface area contributed by atoms with Crippen LogP contribution in [0.2, 0.25) is 0 Å². The topological polar surface area (TPSA) is 65.0 Å². The Morgan fingerprint density at radius 2 is 0.941 bits per heavy atom. The van der Waals surface area contributed by atoms with Crippen LogP contribution in [0.15, 0.2) is 160 Å². The van der Waals surface area contributed by atoms with Crippen molar-refractivity contribution in [1.82, 2.24) is 15.0 Å². The molecule has 11 aromatic rings. The summed E-state index contributed by atoms with van der Waals surface area (Å²) < 4.78 is 15.3. The fourth-order valence-electron chi connectivity index (χ4n) is 7.41. The number of fused-ring (bicyclic) bond motifs is 9. The van der Waals surface area contributed by atoms with E-state index in [1.807, 2.05) is 72.8 Å². The van der Waals surface area contributed by atoms with Gasteiger partial charge in [0.15, 0.2) is 17.5 Å². The van der Waals surface area contributed by atoms with Crippen LogP contribution in [0.25, 0.3) is 109 Å². The first-order valence-electron chi connectivity index (χ1n) is 16.9. The molecule has 0 spiro atoms. The van der Waals surface area contributed by atoms with Gasteiger partial charge in [-0.3, -0.25) is 0 Å². The van der Waals surface area contributed by atoms with E-state index in [9.17, 15) is 0 Å². The molecular formula is C45H25N3O2S. The molecule has 0 saturated carbocycles. The van der Waals surface area contributed by atoms with Crippen molar-refractivity contribution in [2.75, 3.05) is 0 Å². The first-order chi connectivity index (χ1) is 25.3. The van der Waals surface area contributed by atoms with Crippen LogP contribution in [0.3, 0.4) is 0 Å². The van der Waals surface area contributed by atoms with E-state index in [1.165, 1.54) is 14.8 Å². The quantitative estimate of drug-likeness (QED) is 0.186. The van der Waals surface area contributed by atoms with E-state index in [4.69, 9.17) is 23.8 Å². The van der Waals surface area contributed by atoms with Crippen molar-refractivity contribution in [3.8, 4) is 45.3 Å². The molecule has 7 aromatic carbocycles. The van der Waals surface area contributed by atoms with Crippen LogP contribution in [0.1, 0.15) is 0 Å². The Kier molecular flexibility index (Phi) is 6.05. The monoisotopic (exact) mass is 671 g/mol. The van der Waals surface area contributed by atoms with Gasteiger partial charge < -0.3 is 8.83 Å². The molecule has 51 heavy (non-hydrogen) atoms. The van der Waals surface area contributed by atoms with E-state index in [1.54, 1.807) is 11.3 Å². The van der Waals surface area contributed by atoms with Gasteiger partial charge in [-0.1, -0.05) is 109 Å². The highest BCUT2D eigenvalue weighted by Crippen LogP contribution is 2.44. The zero-order chi connectivity index (χ0) is 33.5. The minimum absolute atomic E-state index is 0.566. The number of hydrogen-bond acceptors (Lipinski definition) is 6. The van der Waals surface area contributed by atoms with E-state index < -0.39 is 0 Å². The number of rotatable bonds is 4. The predicted molar refractivity (Wildman–Crippen MR) is 209 cm³/mol. The molecule has 0 fully saturated rings. The number of benzene rings is 7. The van der Waals surface area contributed by atoms with Crippen LogP contribution < -0.4 is 0 Å². The third-order valence-corrected chi connectivity index (χ3v) is 10.9. The summed E-state index contributed by atoms with van der Waals surface area (Å²) >= 11 is 1.79. The van der Waals surface area contributed by atoms with Gasteiger partial charge in [0, 0.05) is 58.4 Å². The van der Waals surface area contributed by atoms with Crippen molar-refractivity contribution in [2.45, 2.75) is 0 Å². The van der Waals surface area contributed by atoms with Crippen LogP contribution in [-0.4, -0.2) is 15.0 Å². The summed E-state index contributed by atoms with van der Waals surface area (Å²) in [4.78, 5) is 15.2. The molecule has 4 aromatic heterocycles. The van der Waals surface area contributed by atoms with Gasteiger partial charge in [0.05, 0.1) is 5.56 Å². The van der Waals surface area contributed by atoms with E-state index in [2.05, 4.69) is 78.9 Å². The van der Waals surface area contributed by atoms with Crippen LogP contribution >= 0.6 is 11.3 Å². The van der Waals surface area contributed by atoms with Gasteiger partial charge in [-0.05, 0) is 48.0 Å². The summed E-state index contributed by atoms with van der Waals surface area (Å²) in [6.45, 7) is 0. The highest BCUT2D eigenvalue weighted by molar-refractivity contribution is 7.26. The summed E-state index contributed by atoms with van der Waals surface area (Å²) in [6, 6.07) is 52.1. The Balaban J connectivity index is 1.14. The molecule has 0 aliphatic rings. The average Bonchev–Trinajstić information content (AvgIpc) is 3.89. The highest BCUT2D eigenvalue weighted by Gasteiger charge is 2.20. The van der Waals surface area contributed by atoms with Crippen molar-refractivity contribution in [1.29, 1.82) is 0 Å². The lowest BCUT2D eigenvalue weighted by atomic mass is 9.97. The molecule has 0 bridgehead atoms. The summed E-state index contributed by atoms with van der Waals surface area (Å²) in [5.74, 6) is 1.78. The molecule has 0 aliphatic carbocycles. The van der Waals surface area contributed by atoms with Gasteiger partial charge in [0.1, 0.15) is 22.3 Å². The number of furan rings is 2. The molecule has 5 nitrogen and oxygen atoms in total. The molecule has 6 heteroatoms. The smallest absolute Gasteiger partial charge is 0.167 e. The molecule has 4 heterocycles. The maximum absolute atomic E-state index is 6.50. The summed E-state index contributed by atoms with van der Waals surface area (Å²) in [5, 5.41) is 6.68. The van der Waals surface area contributed by atoms with Crippen molar-refractivity contribution in [3.05, 3.63) is 152 Å². The van der Waals surface area contributed by atoms with E-state index in [0.29, 0.717) is 17.5 Å². The van der Waals surface area contributed by atoms with Crippen molar-refractivity contribution >= 4 is 75.4 Å². The molecule has 238 valence electrons. The Bertz CT molecular complexity index is 3160. The van der Waals surface area contributed by atoms with Gasteiger partial charge in [0.2, 0.25) is 0 Å². The Morgan fingerprint density at radius 1 is 0.373 bits per heavy atom. The number of hydrogen-bond donors (Lipinski definition) is 0. The molecule has 0 saturated heterocycles. The lowest BCUT2D eigenvalue weighted by Gasteiger charge is -2.09. The van der Waals surface area contributed by atoms with Crippen molar-refractivity contribution in [2.24, 2.45) is 0 Å². The molecule has 0 atom stereocenters. The Hall–Kier alpha value is -6.63. The number of nitrogens with zero attached hydrogens (tertiary/aromatic N) is 3. The maximum Gasteiger partial charge on any atom is 0.167 e. The van der Waals surface area contributed by atoms with Crippen molar-refractivity contribution < 1.29 is 8.83 Å². The molecule has 0 unspecified atom stereocenters. The minimum Gasteiger partial charge on any atom is -0.455 e. The third kappa shape index (κ3) is 4.37. The largest absolute Gasteiger partial charge is 0.455 e. The molecule has 0 aliphatic heterocycles. The summed E-state index contributed by atoms with van der Waals surface area (Å²) in [6.07, 6.45) is 0. The Morgan fingerprint density at radius 3 is 1.69 bits per heavy atom. The number of para-hydroxylation sites is 4. The zero-order valence-electron chi connectivity index (χ0n) is 27.0. The van der Waals surface area contributed by atoms with Gasteiger partial charge in [-0.25, -0.2) is 15.0 Å². The zero-order valence-corrected chi connectivity index (χ0v) is 27.8. The second-order valence-electron chi connectivity index (χ2n) is 12.7. The number of aromatic nitrogens is 3. The van der Waals surface area contributed by atoms with Crippen molar-refractivity contribution in [3.63, 3.8) is 0 Å². The highest BCUT2D eigenvalue weighted by atomic mass is 32.1. The fraction of sp³-hybridized carbons (Fsp3) is 0. The lowest BCUT2D eigenvalue weighted by Crippen LogP contribution is -2.00. The first kappa shape index (κ1) is 28.2. The summed E-state index contributed by atoms with van der Waals surface area (Å²) in [5.41, 5.74) is 8.26. The van der Waals surface area contributed by atoms with Gasteiger partial charge >= 0.3 is 0 Å². The number of thiophene rings is 1. The van der Waals surface area contributed by atoms with E-state index >= 15 is 0 Å². The third-order valence-electron chi connectivity index (χ3n) is 9.76. The Labute approximate surface area is 295 Å². The molecule has 0 radical (unpaired) electrons. The molecule has 11 rings (SSSR count). The van der Waals surface area contributed by atoms with Crippen LogP contribution in [0, 0.1) is 0 Å². The second kappa shape index (κ2) is 10.9. The van der Waals surface area contributed by atoms with Gasteiger partial charge in [-0.15, -0.1) is 11.3 Å². The minimum atomic E-state index is 0.566. The van der Waals surface area contributed by atoms with E-state index in [0.717, 1.165) is 77.1 Å². The van der Waals surface area contributed by atoms with Crippen LogP contribution in [0.4, 0.5) is 0 Å². The van der Waals surface area contributed by atoms with Crippen LogP contribution in [-0.2, 0) is 0 Å². The molecular weight excluding hydrogens is 647 g/mol.